The van der Waals surface area contributed by atoms with Gasteiger partial charge in [0.05, 0.1) is 26.9 Å². The van der Waals surface area contributed by atoms with Crippen molar-refractivity contribution in [3.8, 4) is 11.5 Å². The number of aliphatic hydroxyl groups is 2. The molecule has 2 N–H and O–H groups in total. The maximum absolute atomic E-state index is 10.7. The van der Waals surface area contributed by atoms with Gasteiger partial charge < -0.3 is 19.7 Å². The van der Waals surface area contributed by atoms with Gasteiger partial charge in [-0.3, -0.25) is 0 Å². The molecule has 124 valence electrons. The molecule has 0 fully saturated rings. The molecule has 0 spiro atoms. The Kier molecular flexibility index (Phi) is 5.64. The Labute approximate surface area is 137 Å². The van der Waals surface area contributed by atoms with E-state index in [-0.39, 0.29) is 6.61 Å². The third-order valence-electron chi connectivity index (χ3n) is 4.29. The second-order valence-corrected chi connectivity index (χ2v) is 5.69. The lowest BCUT2D eigenvalue weighted by Gasteiger charge is -2.23. The summed E-state index contributed by atoms with van der Waals surface area (Å²) in [7, 11) is 3.14. The van der Waals surface area contributed by atoms with E-state index in [9.17, 15) is 10.2 Å². The number of benzene rings is 2. The first-order valence-electron chi connectivity index (χ1n) is 7.59. The second kappa shape index (κ2) is 7.49. The minimum Gasteiger partial charge on any atom is -0.493 e. The summed E-state index contributed by atoms with van der Waals surface area (Å²) >= 11 is 0. The van der Waals surface area contributed by atoms with Gasteiger partial charge in [0, 0.05) is 5.92 Å². The van der Waals surface area contributed by atoms with Crippen LogP contribution in [0.15, 0.2) is 36.4 Å². The highest BCUT2D eigenvalue weighted by Gasteiger charge is 2.23. The van der Waals surface area contributed by atoms with Crippen LogP contribution in [-0.4, -0.2) is 31.0 Å². The smallest absolute Gasteiger partial charge is 0.161 e. The predicted molar refractivity (Wildman–Crippen MR) is 90.2 cm³/mol. The van der Waals surface area contributed by atoms with Crippen molar-refractivity contribution < 1.29 is 19.7 Å². The summed E-state index contributed by atoms with van der Waals surface area (Å²) in [6.45, 7) is 3.88. The van der Waals surface area contributed by atoms with E-state index in [2.05, 4.69) is 0 Å². The van der Waals surface area contributed by atoms with E-state index in [1.807, 2.05) is 38.1 Å². The molecule has 4 nitrogen and oxygen atoms in total. The third kappa shape index (κ3) is 3.66. The Bertz CT molecular complexity index is 666. The highest BCUT2D eigenvalue weighted by atomic mass is 16.5. The van der Waals surface area contributed by atoms with E-state index >= 15 is 0 Å². The van der Waals surface area contributed by atoms with Crippen LogP contribution in [0.5, 0.6) is 11.5 Å². The first-order valence-corrected chi connectivity index (χ1v) is 7.59. The molecule has 2 aromatic rings. The minimum atomic E-state index is -0.794. The Morgan fingerprint density at radius 3 is 2.09 bits per heavy atom. The van der Waals surface area contributed by atoms with Crippen LogP contribution in [0.2, 0.25) is 0 Å². The summed E-state index contributed by atoms with van der Waals surface area (Å²) in [5.41, 5.74) is 3.89. The molecule has 4 heteroatoms. The van der Waals surface area contributed by atoms with Crippen LogP contribution in [0.1, 0.15) is 34.3 Å². The van der Waals surface area contributed by atoms with E-state index < -0.39 is 12.0 Å². The van der Waals surface area contributed by atoms with Crippen molar-refractivity contribution in [2.45, 2.75) is 25.9 Å². The van der Waals surface area contributed by atoms with Crippen molar-refractivity contribution in [1.82, 2.24) is 0 Å². The van der Waals surface area contributed by atoms with Crippen molar-refractivity contribution in [3.63, 3.8) is 0 Å². The van der Waals surface area contributed by atoms with Crippen molar-refractivity contribution in [1.29, 1.82) is 0 Å². The summed E-state index contributed by atoms with van der Waals surface area (Å²) in [5.74, 6) is 0.765. The lowest BCUT2D eigenvalue weighted by molar-refractivity contribution is 0.107. The Morgan fingerprint density at radius 2 is 1.52 bits per heavy atom. The quantitative estimate of drug-likeness (QED) is 0.859. The van der Waals surface area contributed by atoms with E-state index in [4.69, 9.17) is 9.47 Å². The maximum atomic E-state index is 10.7. The fraction of sp³-hybridized carbons (Fsp3) is 0.368. The van der Waals surface area contributed by atoms with E-state index in [1.165, 1.54) is 5.56 Å². The van der Waals surface area contributed by atoms with Crippen LogP contribution in [0, 0.1) is 13.8 Å². The molecule has 2 aromatic carbocycles. The van der Waals surface area contributed by atoms with Gasteiger partial charge in [0.1, 0.15) is 0 Å². The van der Waals surface area contributed by atoms with Gasteiger partial charge in [-0.25, -0.2) is 0 Å². The maximum Gasteiger partial charge on any atom is 0.161 e. The average molecular weight is 316 g/mol. The second-order valence-electron chi connectivity index (χ2n) is 5.69. The van der Waals surface area contributed by atoms with Gasteiger partial charge in [-0.1, -0.05) is 24.3 Å². The molecule has 23 heavy (non-hydrogen) atoms. The molecule has 2 unspecified atom stereocenters. The van der Waals surface area contributed by atoms with E-state index in [1.54, 1.807) is 26.4 Å². The van der Waals surface area contributed by atoms with Crippen molar-refractivity contribution >= 4 is 0 Å². The summed E-state index contributed by atoms with van der Waals surface area (Å²) in [6, 6.07) is 11.3. The van der Waals surface area contributed by atoms with Crippen LogP contribution in [0.4, 0.5) is 0 Å². The summed E-state index contributed by atoms with van der Waals surface area (Å²) in [5, 5.41) is 20.5. The molecule has 0 amide bonds. The lowest BCUT2D eigenvalue weighted by atomic mass is 9.88. The molecule has 0 saturated carbocycles. The van der Waals surface area contributed by atoms with Gasteiger partial charge in [0.2, 0.25) is 0 Å². The van der Waals surface area contributed by atoms with Crippen LogP contribution in [0.3, 0.4) is 0 Å². The first kappa shape index (κ1) is 17.3. The Hall–Kier alpha value is -2.04. The van der Waals surface area contributed by atoms with E-state index in [0.29, 0.717) is 11.5 Å². The molecular formula is C19H24O4. The monoisotopic (exact) mass is 316 g/mol. The van der Waals surface area contributed by atoms with Crippen LogP contribution in [-0.2, 0) is 0 Å². The zero-order chi connectivity index (χ0) is 17.0. The zero-order valence-electron chi connectivity index (χ0n) is 14.0. The normalized spacial score (nSPS) is 13.5. The van der Waals surface area contributed by atoms with Gasteiger partial charge in [0.15, 0.2) is 11.5 Å². The lowest BCUT2D eigenvalue weighted by Crippen LogP contribution is -2.15. The van der Waals surface area contributed by atoms with Crippen LogP contribution in [0.25, 0.3) is 0 Å². The molecule has 0 radical (unpaired) electrons. The van der Waals surface area contributed by atoms with Crippen molar-refractivity contribution in [3.05, 3.63) is 58.7 Å². The topological polar surface area (TPSA) is 58.9 Å². The highest BCUT2D eigenvalue weighted by molar-refractivity contribution is 5.45. The largest absolute Gasteiger partial charge is 0.493 e. The van der Waals surface area contributed by atoms with Crippen molar-refractivity contribution in [2.75, 3.05) is 20.8 Å². The molecule has 0 aliphatic rings. The summed E-state index contributed by atoms with van der Waals surface area (Å²) in [6.07, 6.45) is -0.794. The summed E-state index contributed by atoms with van der Waals surface area (Å²) < 4.78 is 10.5. The molecule has 0 aromatic heterocycles. The SMILES string of the molecule is COc1ccc(C(CO)C(O)c2ccc(C)c(C)c2)cc1OC. The Morgan fingerprint density at radius 1 is 0.870 bits per heavy atom. The number of aliphatic hydroxyl groups excluding tert-OH is 2. The number of methoxy groups -OCH3 is 2. The first-order chi connectivity index (χ1) is 11.0. The highest BCUT2D eigenvalue weighted by Crippen LogP contribution is 2.36. The molecule has 2 atom stereocenters. The molecular weight excluding hydrogens is 292 g/mol. The average Bonchev–Trinajstić information content (AvgIpc) is 2.57. The minimum absolute atomic E-state index is 0.163. The van der Waals surface area contributed by atoms with Gasteiger partial charge in [-0.2, -0.15) is 0 Å². The molecule has 0 aliphatic carbocycles. The zero-order valence-corrected chi connectivity index (χ0v) is 14.0. The fourth-order valence-corrected chi connectivity index (χ4v) is 2.65. The number of aryl methyl sites for hydroxylation is 2. The summed E-state index contributed by atoms with van der Waals surface area (Å²) in [4.78, 5) is 0. The molecule has 0 bridgehead atoms. The fourth-order valence-electron chi connectivity index (χ4n) is 2.65. The van der Waals surface area contributed by atoms with Crippen LogP contribution >= 0.6 is 0 Å². The van der Waals surface area contributed by atoms with Crippen molar-refractivity contribution in [2.24, 2.45) is 0 Å². The third-order valence-corrected chi connectivity index (χ3v) is 4.29. The molecule has 0 aliphatic heterocycles. The predicted octanol–water partition coefficient (Wildman–Crippen LogP) is 3.13. The van der Waals surface area contributed by atoms with Crippen LogP contribution < -0.4 is 9.47 Å². The number of hydrogen-bond acceptors (Lipinski definition) is 4. The molecule has 2 rings (SSSR count). The standard InChI is InChI=1S/C19H24O4/c1-12-5-6-15(9-13(12)2)19(21)16(11-20)14-7-8-17(22-3)18(10-14)23-4/h5-10,16,19-21H,11H2,1-4H3. The number of rotatable bonds is 6. The van der Waals surface area contributed by atoms with Gasteiger partial charge >= 0.3 is 0 Å². The number of ether oxygens (including phenoxy) is 2. The van der Waals surface area contributed by atoms with Gasteiger partial charge in [-0.15, -0.1) is 0 Å². The van der Waals surface area contributed by atoms with Gasteiger partial charge in [-0.05, 0) is 48.2 Å². The Balaban J connectivity index is 2.36. The molecule has 0 heterocycles. The van der Waals surface area contributed by atoms with Gasteiger partial charge in [0.25, 0.3) is 0 Å². The number of hydrogen-bond donors (Lipinski definition) is 2. The molecule has 0 saturated heterocycles. The van der Waals surface area contributed by atoms with E-state index in [0.717, 1.165) is 16.7 Å².